The monoisotopic (exact) mass is 324 g/mol. The second-order valence-electron chi connectivity index (χ2n) is 5.79. The van der Waals surface area contributed by atoms with Crippen LogP contribution in [0.25, 0.3) is 10.6 Å². The van der Waals surface area contributed by atoms with Gasteiger partial charge >= 0.3 is 0 Å². The van der Waals surface area contributed by atoms with Gasteiger partial charge in [0.25, 0.3) is 0 Å². The average Bonchev–Trinajstić information content (AvgIpc) is 3.23. The fraction of sp³-hybridized carbons (Fsp3) is 0.294. The van der Waals surface area contributed by atoms with Crippen LogP contribution in [0.1, 0.15) is 30.7 Å². The number of aromatic amines is 1. The molecule has 0 saturated heterocycles. The van der Waals surface area contributed by atoms with Crippen LogP contribution < -0.4 is 10.5 Å². The lowest BCUT2D eigenvalue weighted by atomic mass is 9.75. The minimum atomic E-state index is -0.101. The van der Waals surface area contributed by atoms with Crippen LogP contribution in [0.4, 0.5) is 0 Å². The van der Waals surface area contributed by atoms with Gasteiger partial charge in [-0.3, -0.25) is 5.10 Å². The molecule has 2 aromatic rings. The molecule has 0 radical (unpaired) electrons. The molecule has 2 atom stereocenters. The van der Waals surface area contributed by atoms with Crippen molar-refractivity contribution in [2.45, 2.75) is 25.2 Å². The summed E-state index contributed by atoms with van der Waals surface area (Å²) in [5.74, 6) is 0.814. The van der Waals surface area contributed by atoms with E-state index in [1.165, 1.54) is 0 Å². The molecule has 0 fully saturated rings. The molecule has 0 spiro atoms. The Bertz CT molecular complexity index is 825. The van der Waals surface area contributed by atoms with Gasteiger partial charge in [0.05, 0.1) is 21.7 Å². The van der Waals surface area contributed by atoms with Crippen LogP contribution in [0, 0.1) is 17.2 Å². The number of fused-ring (bicyclic) bond motifs is 1. The number of nitrogens with one attached hydrogen (secondary N) is 1. The average molecular weight is 324 g/mol. The van der Waals surface area contributed by atoms with Crippen molar-refractivity contribution in [2.24, 2.45) is 11.7 Å². The number of nitrogens with two attached hydrogens (primary N) is 1. The van der Waals surface area contributed by atoms with Gasteiger partial charge in [0.2, 0.25) is 11.8 Å². The second kappa shape index (κ2) is 5.60. The third-order valence-corrected chi connectivity index (χ3v) is 5.36. The molecular weight excluding hydrogens is 308 g/mol. The molecule has 116 valence electrons. The highest BCUT2D eigenvalue weighted by atomic mass is 32.1. The summed E-state index contributed by atoms with van der Waals surface area (Å²) in [4.78, 5) is 1.09. The molecule has 1 aliphatic heterocycles. The topological polar surface area (TPSA) is 87.7 Å². The van der Waals surface area contributed by atoms with Gasteiger partial charge in [-0.15, -0.1) is 16.4 Å². The molecule has 2 aromatic heterocycles. The number of hydrogen-bond donors (Lipinski definition) is 2. The SMILES string of the molecule is N#CC1=C(N)Oc2n[nH]c(-c3cccs3)c2C1C1C=CCCC1. The summed E-state index contributed by atoms with van der Waals surface area (Å²) < 4.78 is 5.61. The minimum absolute atomic E-state index is 0.101. The van der Waals surface area contributed by atoms with Crippen LogP contribution in [0.3, 0.4) is 0 Å². The molecule has 1 aliphatic carbocycles. The molecule has 0 aromatic carbocycles. The van der Waals surface area contributed by atoms with Crippen LogP contribution in [-0.2, 0) is 0 Å². The van der Waals surface area contributed by atoms with E-state index >= 15 is 0 Å². The van der Waals surface area contributed by atoms with E-state index in [1.54, 1.807) is 11.3 Å². The van der Waals surface area contributed by atoms with Gasteiger partial charge in [0, 0.05) is 5.92 Å². The lowest BCUT2D eigenvalue weighted by Crippen LogP contribution is -2.25. The molecule has 4 rings (SSSR count). The highest BCUT2D eigenvalue weighted by Crippen LogP contribution is 2.48. The standard InChI is InChI=1S/C17H16N4OS/c18-9-11-13(10-5-2-1-3-6-10)14-15(12-7-4-8-23-12)20-21-17(14)22-16(11)19/h2,4-5,7-8,10,13H,1,3,6,19H2,(H,20,21). The van der Waals surface area contributed by atoms with Crippen molar-refractivity contribution in [1.82, 2.24) is 10.2 Å². The Hall–Kier alpha value is -2.52. The zero-order valence-corrected chi connectivity index (χ0v) is 13.3. The van der Waals surface area contributed by atoms with E-state index < -0.39 is 0 Å². The largest absolute Gasteiger partial charge is 0.420 e. The molecule has 0 bridgehead atoms. The molecule has 23 heavy (non-hydrogen) atoms. The minimum Gasteiger partial charge on any atom is -0.420 e. The molecule has 5 nitrogen and oxygen atoms in total. The maximum Gasteiger partial charge on any atom is 0.244 e. The second-order valence-corrected chi connectivity index (χ2v) is 6.73. The number of nitrogens with zero attached hydrogens (tertiary/aromatic N) is 2. The third kappa shape index (κ3) is 2.25. The number of nitriles is 1. The number of thiophene rings is 1. The zero-order chi connectivity index (χ0) is 15.8. The Labute approximate surface area is 138 Å². The van der Waals surface area contributed by atoms with E-state index in [4.69, 9.17) is 10.5 Å². The first kappa shape index (κ1) is 14.1. The molecule has 3 N–H and O–H groups in total. The van der Waals surface area contributed by atoms with Crippen LogP contribution in [0.15, 0.2) is 41.1 Å². The van der Waals surface area contributed by atoms with Gasteiger partial charge in [0.1, 0.15) is 6.07 Å². The normalized spacial score (nSPS) is 23.3. The van der Waals surface area contributed by atoms with E-state index in [0.717, 1.165) is 35.4 Å². The van der Waals surface area contributed by atoms with Crippen molar-refractivity contribution in [3.8, 4) is 22.5 Å². The summed E-state index contributed by atoms with van der Waals surface area (Å²) in [6.07, 6.45) is 7.65. The quantitative estimate of drug-likeness (QED) is 0.825. The maximum absolute atomic E-state index is 9.63. The Morgan fingerprint density at radius 2 is 2.39 bits per heavy atom. The van der Waals surface area contributed by atoms with Crippen molar-refractivity contribution >= 4 is 11.3 Å². The molecule has 3 heterocycles. The summed E-state index contributed by atoms with van der Waals surface area (Å²) in [7, 11) is 0. The third-order valence-electron chi connectivity index (χ3n) is 4.47. The first-order chi connectivity index (χ1) is 11.3. The van der Waals surface area contributed by atoms with Crippen LogP contribution in [0.2, 0.25) is 0 Å². The van der Waals surface area contributed by atoms with Gasteiger partial charge in [-0.1, -0.05) is 18.2 Å². The van der Waals surface area contributed by atoms with Crippen molar-refractivity contribution in [2.75, 3.05) is 0 Å². The lowest BCUT2D eigenvalue weighted by molar-refractivity contribution is 0.355. The molecule has 2 unspecified atom stereocenters. The van der Waals surface area contributed by atoms with Crippen molar-refractivity contribution in [1.29, 1.82) is 5.26 Å². The van der Waals surface area contributed by atoms with Gasteiger partial charge in [0.15, 0.2) is 0 Å². The Morgan fingerprint density at radius 3 is 3.09 bits per heavy atom. The number of aromatic nitrogens is 2. The van der Waals surface area contributed by atoms with Crippen LogP contribution in [0.5, 0.6) is 5.88 Å². The molecular formula is C17H16N4OS. The van der Waals surface area contributed by atoms with E-state index in [-0.39, 0.29) is 17.7 Å². The first-order valence-corrected chi connectivity index (χ1v) is 8.54. The maximum atomic E-state index is 9.63. The van der Waals surface area contributed by atoms with E-state index in [9.17, 15) is 5.26 Å². The Kier molecular flexibility index (Phi) is 3.43. The summed E-state index contributed by atoms with van der Waals surface area (Å²) in [5, 5.41) is 19.0. The van der Waals surface area contributed by atoms with E-state index in [0.29, 0.717) is 11.5 Å². The van der Waals surface area contributed by atoms with E-state index in [1.807, 2.05) is 17.5 Å². The fourth-order valence-electron chi connectivity index (χ4n) is 3.43. The van der Waals surface area contributed by atoms with Crippen LogP contribution >= 0.6 is 11.3 Å². The highest BCUT2D eigenvalue weighted by Gasteiger charge is 2.38. The lowest BCUT2D eigenvalue weighted by Gasteiger charge is -2.30. The predicted octanol–water partition coefficient (Wildman–Crippen LogP) is 3.66. The Morgan fingerprint density at radius 1 is 1.48 bits per heavy atom. The smallest absolute Gasteiger partial charge is 0.244 e. The number of H-pyrrole nitrogens is 1. The highest BCUT2D eigenvalue weighted by molar-refractivity contribution is 7.13. The fourth-order valence-corrected chi connectivity index (χ4v) is 4.17. The number of allylic oxidation sites excluding steroid dienone is 3. The van der Waals surface area contributed by atoms with E-state index in [2.05, 4.69) is 28.4 Å². The van der Waals surface area contributed by atoms with Crippen molar-refractivity contribution < 1.29 is 4.74 Å². The molecule has 0 amide bonds. The molecule has 0 saturated carbocycles. The molecule has 2 aliphatic rings. The van der Waals surface area contributed by atoms with Gasteiger partial charge < -0.3 is 10.5 Å². The van der Waals surface area contributed by atoms with Gasteiger partial charge in [-0.05, 0) is 36.6 Å². The number of rotatable bonds is 2. The van der Waals surface area contributed by atoms with Gasteiger partial charge in [-0.2, -0.15) is 5.26 Å². The number of hydrogen-bond acceptors (Lipinski definition) is 5. The summed E-state index contributed by atoms with van der Waals surface area (Å²) >= 11 is 1.64. The summed E-state index contributed by atoms with van der Waals surface area (Å²) in [6.45, 7) is 0. The predicted molar refractivity (Wildman–Crippen MR) is 88.6 cm³/mol. The van der Waals surface area contributed by atoms with Crippen LogP contribution in [-0.4, -0.2) is 10.2 Å². The zero-order valence-electron chi connectivity index (χ0n) is 12.5. The van der Waals surface area contributed by atoms with Gasteiger partial charge in [-0.25, -0.2) is 0 Å². The summed E-state index contributed by atoms with van der Waals surface area (Å²) in [6, 6.07) is 6.31. The number of ether oxygens (including phenoxy) is 1. The summed E-state index contributed by atoms with van der Waals surface area (Å²) in [5.41, 5.74) is 8.38. The van der Waals surface area contributed by atoms with Crippen molar-refractivity contribution in [3.05, 3.63) is 46.7 Å². The van der Waals surface area contributed by atoms with Crippen molar-refractivity contribution in [3.63, 3.8) is 0 Å². The Balaban J connectivity index is 1.89. The molecule has 6 heteroatoms. The first-order valence-electron chi connectivity index (χ1n) is 7.66.